The first-order valence-electron chi connectivity index (χ1n) is 2.82. The second kappa shape index (κ2) is 4.11. The predicted octanol–water partition coefficient (Wildman–Crippen LogP) is -0.956. The maximum absolute atomic E-state index is 10.5. The molecule has 0 spiro atoms. The predicted molar refractivity (Wildman–Crippen MR) is 37.9 cm³/mol. The topological polar surface area (TPSA) is 58.2 Å². The van der Waals surface area contributed by atoms with Crippen molar-refractivity contribution in [1.29, 1.82) is 0 Å². The van der Waals surface area contributed by atoms with Gasteiger partial charge in [0, 0.05) is 13.0 Å². The van der Waals surface area contributed by atoms with Crippen molar-refractivity contribution in [2.45, 2.75) is 6.42 Å². The first-order chi connectivity index (χ1) is 4.29. The van der Waals surface area contributed by atoms with Crippen molar-refractivity contribution >= 4 is 24.2 Å². The third-order valence-electron chi connectivity index (χ3n) is 1.12. The highest BCUT2D eigenvalue weighted by Gasteiger charge is 2.09. The molecule has 1 saturated heterocycles. The molecule has 58 valence electrons. The van der Waals surface area contributed by atoms with Gasteiger partial charge in [0.25, 0.3) is 0 Å². The monoisotopic (exact) mass is 164 g/mol. The van der Waals surface area contributed by atoms with Gasteiger partial charge in [-0.15, -0.1) is 12.4 Å². The van der Waals surface area contributed by atoms with Crippen molar-refractivity contribution in [2.75, 3.05) is 13.1 Å². The van der Waals surface area contributed by atoms with Crippen molar-refractivity contribution in [3.8, 4) is 0 Å². The van der Waals surface area contributed by atoms with Gasteiger partial charge in [-0.05, 0) is 0 Å². The summed E-state index contributed by atoms with van der Waals surface area (Å²) < 4.78 is 0. The highest BCUT2D eigenvalue weighted by Crippen LogP contribution is 1.81. The smallest absolute Gasteiger partial charge is 0.239 e. The van der Waals surface area contributed by atoms with E-state index in [1.165, 1.54) is 0 Å². The van der Waals surface area contributed by atoms with Crippen LogP contribution in [0, 0.1) is 0 Å². The first-order valence-corrected chi connectivity index (χ1v) is 2.82. The van der Waals surface area contributed by atoms with E-state index in [1.54, 1.807) is 0 Å². The summed E-state index contributed by atoms with van der Waals surface area (Å²) in [7, 11) is 0. The lowest BCUT2D eigenvalue weighted by molar-refractivity contribution is -0.123. The van der Waals surface area contributed by atoms with Gasteiger partial charge >= 0.3 is 0 Å². The Morgan fingerprint density at radius 3 is 2.50 bits per heavy atom. The van der Waals surface area contributed by atoms with Gasteiger partial charge in [0.15, 0.2) is 0 Å². The molecule has 0 aromatic carbocycles. The third-order valence-corrected chi connectivity index (χ3v) is 1.12. The molecular weight excluding hydrogens is 156 g/mol. The molecule has 0 aromatic heterocycles. The van der Waals surface area contributed by atoms with Gasteiger partial charge in [0.05, 0.1) is 6.54 Å². The normalized spacial score (nSPS) is 18.0. The van der Waals surface area contributed by atoms with Gasteiger partial charge in [-0.2, -0.15) is 0 Å². The van der Waals surface area contributed by atoms with Crippen LogP contribution in [0.25, 0.3) is 0 Å². The van der Waals surface area contributed by atoms with E-state index >= 15 is 0 Å². The largest absolute Gasteiger partial charge is 0.354 e. The van der Waals surface area contributed by atoms with Gasteiger partial charge in [-0.1, -0.05) is 0 Å². The zero-order valence-corrected chi connectivity index (χ0v) is 6.16. The van der Waals surface area contributed by atoms with E-state index in [9.17, 15) is 9.59 Å². The molecule has 0 aliphatic carbocycles. The molecule has 0 bridgehead atoms. The standard InChI is InChI=1S/C5H8N2O2.ClH/c8-4-1-2-6-5(9)3-7-4;/h1-3H2,(H,6,9)(H,7,8);1H. The molecule has 1 aliphatic rings. The summed E-state index contributed by atoms with van der Waals surface area (Å²) >= 11 is 0. The minimum atomic E-state index is -0.110. The van der Waals surface area contributed by atoms with Crippen LogP contribution in [0.15, 0.2) is 0 Å². The average molecular weight is 165 g/mol. The summed E-state index contributed by atoms with van der Waals surface area (Å²) in [6, 6.07) is 0. The van der Waals surface area contributed by atoms with Crippen molar-refractivity contribution in [3.63, 3.8) is 0 Å². The minimum absolute atomic E-state index is 0. The first kappa shape index (κ1) is 9.23. The van der Waals surface area contributed by atoms with Gasteiger partial charge in [0.2, 0.25) is 11.8 Å². The second-order valence-corrected chi connectivity index (χ2v) is 1.88. The fraction of sp³-hybridized carbons (Fsp3) is 0.600. The lowest BCUT2D eigenvalue weighted by Crippen LogP contribution is -2.30. The summed E-state index contributed by atoms with van der Waals surface area (Å²) in [5.41, 5.74) is 0. The van der Waals surface area contributed by atoms with Crippen LogP contribution in [-0.2, 0) is 9.59 Å². The number of hydrogen-bond donors (Lipinski definition) is 2. The molecule has 0 aromatic rings. The number of nitrogens with one attached hydrogen (secondary N) is 2. The van der Waals surface area contributed by atoms with Crippen molar-refractivity contribution in [3.05, 3.63) is 0 Å². The average Bonchev–Trinajstić information content (AvgIpc) is 1.97. The van der Waals surface area contributed by atoms with Crippen LogP contribution in [0.1, 0.15) is 6.42 Å². The van der Waals surface area contributed by atoms with E-state index in [1.807, 2.05) is 0 Å². The summed E-state index contributed by atoms with van der Waals surface area (Å²) in [4.78, 5) is 21.0. The van der Waals surface area contributed by atoms with Gasteiger partial charge in [-0.25, -0.2) is 0 Å². The van der Waals surface area contributed by atoms with Crippen LogP contribution in [0.4, 0.5) is 0 Å². The number of rotatable bonds is 0. The van der Waals surface area contributed by atoms with Crippen molar-refractivity contribution in [2.24, 2.45) is 0 Å². The molecule has 0 unspecified atom stereocenters. The Morgan fingerprint density at radius 2 is 1.80 bits per heavy atom. The molecule has 2 N–H and O–H groups in total. The zero-order chi connectivity index (χ0) is 6.69. The van der Waals surface area contributed by atoms with E-state index in [0.717, 1.165) is 0 Å². The molecule has 4 nitrogen and oxygen atoms in total. The quantitative estimate of drug-likeness (QED) is 0.485. The lowest BCUT2D eigenvalue weighted by atomic mass is 10.4. The number of carbonyl (C=O) groups is 2. The third kappa shape index (κ3) is 2.68. The summed E-state index contributed by atoms with van der Waals surface area (Å²) in [5, 5.41) is 5.00. The van der Waals surface area contributed by atoms with E-state index in [-0.39, 0.29) is 30.8 Å². The van der Waals surface area contributed by atoms with Crippen LogP contribution >= 0.6 is 12.4 Å². The van der Waals surface area contributed by atoms with Gasteiger partial charge in [-0.3, -0.25) is 9.59 Å². The molecule has 1 fully saturated rings. The molecule has 0 saturated carbocycles. The SMILES string of the molecule is Cl.O=C1CCNC(=O)CN1. The molecule has 5 heteroatoms. The number of carbonyl (C=O) groups excluding carboxylic acids is 2. The maximum Gasteiger partial charge on any atom is 0.239 e. The molecule has 1 aliphatic heterocycles. The summed E-state index contributed by atoms with van der Waals surface area (Å²) in [6.07, 6.45) is 0.395. The zero-order valence-electron chi connectivity index (χ0n) is 5.35. The fourth-order valence-corrected chi connectivity index (χ4v) is 0.645. The minimum Gasteiger partial charge on any atom is -0.354 e. The Kier molecular flexibility index (Phi) is 3.79. The van der Waals surface area contributed by atoms with E-state index in [4.69, 9.17) is 0 Å². The maximum atomic E-state index is 10.5. The van der Waals surface area contributed by atoms with Crippen LogP contribution in [0.3, 0.4) is 0 Å². The molecule has 10 heavy (non-hydrogen) atoms. The fourth-order valence-electron chi connectivity index (χ4n) is 0.645. The Labute approximate surface area is 64.8 Å². The number of halogens is 1. The summed E-state index contributed by atoms with van der Waals surface area (Å²) in [5.74, 6) is -0.172. The molecule has 0 radical (unpaired) electrons. The molecule has 1 heterocycles. The lowest BCUT2D eigenvalue weighted by Gasteiger charge is -1.93. The van der Waals surface area contributed by atoms with E-state index in [0.29, 0.717) is 13.0 Å². The van der Waals surface area contributed by atoms with Gasteiger partial charge in [0.1, 0.15) is 0 Å². The van der Waals surface area contributed by atoms with E-state index < -0.39 is 0 Å². The summed E-state index contributed by atoms with van der Waals surface area (Å²) in [6.45, 7) is 0.587. The Balaban J connectivity index is 0.000000810. The van der Waals surface area contributed by atoms with Crippen LogP contribution in [0.5, 0.6) is 0 Å². The molecular formula is C5H9ClN2O2. The van der Waals surface area contributed by atoms with Crippen molar-refractivity contribution < 1.29 is 9.59 Å². The molecule has 1 rings (SSSR count). The highest BCUT2D eigenvalue weighted by atomic mass is 35.5. The Morgan fingerprint density at radius 1 is 1.10 bits per heavy atom. The number of amides is 2. The molecule has 2 amide bonds. The Hall–Kier alpha value is -0.770. The van der Waals surface area contributed by atoms with Crippen LogP contribution in [-0.4, -0.2) is 24.9 Å². The van der Waals surface area contributed by atoms with Crippen molar-refractivity contribution in [1.82, 2.24) is 10.6 Å². The second-order valence-electron chi connectivity index (χ2n) is 1.88. The number of hydrogen-bond acceptors (Lipinski definition) is 2. The highest BCUT2D eigenvalue weighted by molar-refractivity contribution is 5.87. The molecule has 0 atom stereocenters. The van der Waals surface area contributed by atoms with Gasteiger partial charge < -0.3 is 10.6 Å². The van der Waals surface area contributed by atoms with Crippen LogP contribution < -0.4 is 10.6 Å². The van der Waals surface area contributed by atoms with E-state index in [2.05, 4.69) is 10.6 Å². The Bertz CT molecular complexity index is 133. The van der Waals surface area contributed by atoms with Crippen LogP contribution in [0.2, 0.25) is 0 Å².